The molecule has 2 fully saturated rings. The Hall–Kier alpha value is -2.07. The van der Waals surface area contributed by atoms with Crippen LogP contribution < -0.4 is 4.74 Å². The standard InChI is InChI=1S/C22H25FO7/c1-2-28-16-6-3-13(4-7-16)9-14-10-15(5-8-17(14)23)22-20(27)18(25)19(26)21(11-24,30-22)12-29-22/h3-8,10,18-20,24-27H,2,9,11-12H2,1H3/t18-,19-,20-,21-,22+/m0/s1. The van der Waals surface area contributed by atoms with Gasteiger partial charge in [0.2, 0.25) is 5.79 Å². The van der Waals surface area contributed by atoms with Crippen LogP contribution in [0.3, 0.4) is 0 Å². The Labute approximate surface area is 173 Å². The van der Waals surface area contributed by atoms with Crippen molar-refractivity contribution in [1.29, 1.82) is 0 Å². The lowest BCUT2D eigenvalue weighted by atomic mass is 9.83. The van der Waals surface area contributed by atoms with Gasteiger partial charge in [-0.3, -0.25) is 0 Å². The number of ether oxygens (including phenoxy) is 3. The van der Waals surface area contributed by atoms with Gasteiger partial charge < -0.3 is 34.6 Å². The molecular formula is C22H25FO7. The fourth-order valence-corrected chi connectivity index (χ4v) is 4.09. The molecule has 0 amide bonds. The first kappa shape index (κ1) is 21.2. The number of halogens is 1. The molecule has 4 rings (SSSR count). The van der Waals surface area contributed by atoms with Gasteiger partial charge in [-0.1, -0.05) is 18.2 Å². The van der Waals surface area contributed by atoms with E-state index < -0.39 is 42.1 Å². The number of aliphatic hydroxyl groups excluding tert-OH is 4. The Morgan fingerprint density at radius 2 is 1.83 bits per heavy atom. The van der Waals surface area contributed by atoms with E-state index in [2.05, 4.69) is 0 Å². The van der Waals surface area contributed by atoms with Crippen molar-refractivity contribution < 1.29 is 39.0 Å². The zero-order valence-electron chi connectivity index (χ0n) is 16.5. The van der Waals surface area contributed by atoms with E-state index in [-0.39, 0.29) is 13.0 Å². The molecule has 0 spiro atoms. The summed E-state index contributed by atoms with van der Waals surface area (Å²) in [5, 5.41) is 40.9. The number of hydrogen-bond acceptors (Lipinski definition) is 7. The van der Waals surface area contributed by atoms with Crippen molar-refractivity contribution in [3.8, 4) is 5.75 Å². The first-order valence-corrected chi connectivity index (χ1v) is 9.85. The predicted octanol–water partition coefficient (Wildman–Crippen LogP) is 0.842. The molecule has 162 valence electrons. The van der Waals surface area contributed by atoms with E-state index in [1.54, 1.807) is 12.1 Å². The van der Waals surface area contributed by atoms with Gasteiger partial charge in [0.1, 0.15) is 35.5 Å². The lowest BCUT2D eigenvalue weighted by Gasteiger charge is -2.45. The average Bonchev–Trinajstić information content (AvgIpc) is 3.14. The minimum atomic E-state index is -1.82. The lowest BCUT2D eigenvalue weighted by molar-refractivity contribution is -0.329. The van der Waals surface area contributed by atoms with Crippen LogP contribution in [0.1, 0.15) is 23.6 Å². The van der Waals surface area contributed by atoms with Crippen LogP contribution in [0.2, 0.25) is 0 Å². The normalized spacial score (nSPS) is 32.9. The molecule has 4 N–H and O–H groups in total. The molecule has 2 aliphatic heterocycles. The van der Waals surface area contributed by atoms with E-state index in [1.807, 2.05) is 19.1 Å². The number of benzene rings is 2. The Morgan fingerprint density at radius 1 is 1.10 bits per heavy atom. The monoisotopic (exact) mass is 420 g/mol. The molecule has 30 heavy (non-hydrogen) atoms. The van der Waals surface area contributed by atoms with Crippen LogP contribution in [0.5, 0.6) is 5.75 Å². The van der Waals surface area contributed by atoms with Crippen LogP contribution in [-0.4, -0.2) is 64.2 Å². The van der Waals surface area contributed by atoms with E-state index in [0.717, 1.165) is 11.3 Å². The quantitative estimate of drug-likeness (QED) is 0.549. The third kappa shape index (κ3) is 3.30. The molecule has 2 aromatic rings. The second kappa shape index (κ2) is 7.88. The number of fused-ring (bicyclic) bond motifs is 2. The molecule has 2 saturated heterocycles. The van der Waals surface area contributed by atoms with E-state index in [1.165, 1.54) is 18.2 Å². The molecule has 7 nitrogen and oxygen atoms in total. The van der Waals surface area contributed by atoms with Crippen molar-refractivity contribution in [1.82, 2.24) is 0 Å². The largest absolute Gasteiger partial charge is 0.494 e. The van der Waals surface area contributed by atoms with Crippen molar-refractivity contribution in [2.24, 2.45) is 0 Å². The second-order valence-corrected chi connectivity index (χ2v) is 7.72. The number of hydrogen-bond donors (Lipinski definition) is 4. The van der Waals surface area contributed by atoms with Crippen molar-refractivity contribution in [3.05, 3.63) is 65.0 Å². The van der Waals surface area contributed by atoms with Crippen molar-refractivity contribution >= 4 is 0 Å². The van der Waals surface area contributed by atoms with Gasteiger partial charge in [-0.2, -0.15) is 0 Å². The number of aliphatic hydroxyl groups is 4. The molecule has 0 radical (unpaired) electrons. The molecular weight excluding hydrogens is 395 g/mol. The summed E-state index contributed by atoms with van der Waals surface area (Å²) in [6.45, 7) is 1.60. The number of rotatable bonds is 6. The zero-order valence-corrected chi connectivity index (χ0v) is 16.5. The molecule has 2 heterocycles. The molecule has 2 aliphatic rings. The topological polar surface area (TPSA) is 109 Å². The van der Waals surface area contributed by atoms with E-state index >= 15 is 0 Å². The highest BCUT2D eigenvalue weighted by atomic mass is 19.1. The van der Waals surface area contributed by atoms with Crippen molar-refractivity contribution in [2.75, 3.05) is 19.8 Å². The van der Waals surface area contributed by atoms with Gasteiger partial charge in [0.05, 0.1) is 19.8 Å². The van der Waals surface area contributed by atoms with E-state index in [4.69, 9.17) is 14.2 Å². The van der Waals surface area contributed by atoms with Gasteiger partial charge in [-0.15, -0.1) is 0 Å². The lowest BCUT2D eigenvalue weighted by Crippen LogP contribution is -2.65. The summed E-state index contributed by atoms with van der Waals surface area (Å²) in [5.41, 5.74) is -0.0850. The van der Waals surface area contributed by atoms with Gasteiger partial charge in [0.25, 0.3) is 0 Å². The van der Waals surface area contributed by atoms with Gasteiger partial charge >= 0.3 is 0 Å². The Bertz CT molecular complexity index is 905. The highest BCUT2D eigenvalue weighted by Crippen LogP contribution is 2.49. The highest BCUT2D eigenvalue weighted by Gasteiger charge is 2.67. The fourth-order valence-electron chi connectivity index (χ4n) is 4.09. The Balaban J connectivity index is 1.66. The second-order valence-electron chi connectivity index (χ2n) is 7.72. The van der Waals surface area contributed by atoms with Gasteiger partial charge in [0.15, 0.2) is 0 Å². The van der Waals surface area contributed by atoms with Crippen molar-refractivity contribution in [3.63, 3.8) is 0 Å². The molecule has 2 aromatic carbocycles. The summed E-state index contributed by atoms with van der Waals surface area (Å²) in [7, 11) is 0. The van der Waals surface area contributed by atoms with Crippen LogP contribution in [0.15, 0.2) is 42.5 Å². The third-order valence-corrected chi connectivity index (χ3v) is 5.81. The minimum Gasteiger partial charge on any atom is -0.494 e. The van der Waals surface area contributed by atoms with Crippen LogP contribution in [0.25, 0.3) is 0 Å². The van der Waals surface area contributed by atoms with Crippen molar-refractivity contribution in [2.45, 2.75) is 43.0 Å². The smallest absolute Gasteiger partial charge is 0.225 e. The molecule has 0 saturated carbocycles. The third-order valence-electron chi connectivity index (χ3n) is 5.81. The van der Waals surface area contributed by atoms with E-state index in [0.29, 0.717) is 17.7 Å². The summed E-state index contributed by atoms with van der Waals surface area (Å²) in [6.07, 6.45) is -4.49. The van der Waals surface area contributed by atoms with Gasteiger partial charge in [-0.05, 0) is 42.3 Å². The SMILES string of the molecule is CCOc1ccc(Cc2cc([C@@]34OC[C@](CO)(O3)[C@@H](O)[C@H](O)[C@@H]4O)ccc2F)cc1. The predicted molar refractivity (Wildman–Crippen MR) is 103 cm³/mol. The molecule has 8 heteroatoms. The molecule has 0 aromatic heterocycles. The van der Waals surface area contributed by atoms with Crippen LogP contribution in [0, 0.1) is 5.82 Å². The maximum atomic E-state index is 14.5. The summed E-state index contributed by atoms with van der Waals surface area (Å²) in [4.78, 5) is 0. The Kier molecular flexibility index (Phi) is 5.56. The van der Waals surface area contributed by atoms with Crippen LogP contribution in [-0.2, 0) is 21.7 Å². The molecule has 2 bridgehead atoms. The maximum absolute atomic E-state index is 14.5. The first-order valence-electron chi connectivity index (χ1n) is 9.85. The minimum absolute atomic E-state index is 0.232. The van der Waals surface area contributed by atoms with E-state index in [9.17, 15) is 24.8 Å². The molecule has 0 unspecified atom stereocenters. The molecule has 5 atom stereocenters. The Morgan fingerprint density at radius 3 is 2.50 bits per heavy atom. The van der Waals surface area contributed by atoms with Gasteiger partial charge in [0, 0.05) is 12.0 Å². The highest BCUT2D eigenvalue weighted by molar-refractivity contribution is 5.36. The zero-order chi connectivity index (χ0) is 21.5. The first-order chi connectivity index (χ1) is 14.3. The summed E-state index contributed by atoms with van der Waals surface area (Å²) >= 11 is 0. The van der Waals surface area contributed by atoms with Gasteiger partial charge in [-0.25, -0.2) is 4.39 Å². The maximum Gasteiger partial charge on any atom is 0.225 e. The summed E-state index contributed by atoms with van der Waals surface area (Å²) in [6, 6.07) is 11.4. The average molecular weight is 420 g/mol. The van der Waals surface area contributed by atoms with Crippen LogP contribution in [0.4, 0.5) is 4.39 Å². The molecule has 0 aliphatic carbocycles. The summed E-state index contributed by atoms with van der Waals surface area (Å²) in [5.74, 6) is -1.54. The van der Waals surface area contributed by atoms with Crippen LogP contribution >= 0.6 is 0 Å². The fraction of sp³-hybridized carbons (Fsp3) is 0.455. The summed E-state index contributed by atoms with van der Waals surface area (Å²) < 4.78 is 31.5.